The maximum Gasteiger partial charge on any atom is 0.337 e. The molecule has 0 radical (unpaired) electrons. The molecule has 0 bridgehead atoms. The minimum Gasteiger partial charge on any atom is -0.465 e. The number of nitrogens with zero attached hydrogens (tertiary/aromatic N) is 1. The molecular formula is C21H18N2O5S. The summed E-state index contributed by atoms with van der Waals surface area (Å²) in [7, 11) is 1.29. The standard InChI is InChI=1S/C21H18N2O5S/c1-13-4-3-5-16(10-13)22-18(24)12-23-19(25)17(29-21(23)27)11-14-6-8-15(9-7-14)20(26)28-2/h3-11H,12H2,1-2H3,(H,22,24). The van der Waals surface area contributed by atoms with Crippen LogP contribution < -0.4 is 5.32 Å². The lowest BCUT2D eigenvalue weighted by Gasteiger charge is -2.12. The number of ether oxygens (including phenoxy) is 1. The van der Waals surface area contributed by atoms with Crippen LogP contribution in [0.5, 0.6) is 0 Å². The van der Waals surface area contributed by atoms with E-state index in [-0.39, 0.29) is 11.4 Å². The predicted octanol–water partition coefficient (Wildman–Crippen LogP) is 3.46. The molecule has 0 aromatic heterocycles. The Labute approximate surface area is 171 Å². The molecule has 2 aromatic rings. The van der Waals surface area contributed by atoms with Crippen LogP contribution in [-0.2, 0) is 14.3 Å². The van der Waals surface area contributed by atoms with Gasteiger partial charge in [-0.2, -0.15) is 0 Å². The van der Waals surface area contributed by atoms with E-state index in [9.17, 15) is 19.2 Å². The number of nitrogens with one attached hydrogen (secondary N) is 1. The van der Waals surface area contributed by atoms with Gasteiger partial charge in [-0.15, -0.1) is 0 Å². The van der Waals surface area contributed by atoms with E-state index >= 15 is 0 Å². The van der Waals surface area contributed by atoms with Crippen molar-refractivity contribution in [1.82, 2.24) is 4.90 Å². The van der Waals surface area contributed by atoms with Crippen molar-refractivity contribution >= 4 is 46.5 Å². The molecule has 7 nitrogen and oxygen atoms in total. The van der Waals surface area contributed by atoms with Gasteiger partial charge in [-0.25, -0.2) is 4.79 Å². The number of amides is 3. The highest BCUT2D eigenvalue weighted by Gasteiger charge is 2.36. The number of esters is 1. The van der Waals surface area contributed by atoms with Gasteiger partial charge in [-0.1, -0.05) is 24.3 Å². The first-order chi connectivity index (χ1) is 13.9. The lowest BCUT2D eigenvalue weighted by atomic mass is 10.1. The smallest absolute Gasteiger partial charge is 0.337 e. The number of methoxy groups -OCH3 is 1. The van der Waals surface area contributed by atoms with Crippen LogP contribution in [0, 0.1) is 6.92 Å². The van der Waals surface area contributed by atoms with Gasteiger partial charge in [0.25, 0.3) is 11.1 Å². The van der Waals surface area contributed by atoms with Crippen molar-refractivity contribution in [2.24, 2.45) is 0 Å². The van der Waals surface area contributed by atoms with Crippen molar-refractivity contribution in [3.63, 3.8) is 0 Å². The maximum atomic E-state index is 12.5. The van der Waals surface area contributed by atoms with Gasteiger partial charge >= 0.3 is 5.97 Å². The molecule has 1 aliphatic heterocycles. The van der Waals surface area contributed by atoms with Gasteiger partial charge in [0.05, 0.1) is 17.6 Å². The van der Waals surface area contributed by atoms with E-state index in [1.54, 1.807) is 48.5 Å². The average molecular weight is 410 g/mol. The van der Waals surface area contributed by atoms with Crippen LogP contribution in [0.1, 0.15) is 21.5 Å². The van der Waals surface area contributed by atoms with Crippen molar-refractivity contribution in [2.75, 3.05) is 19.0 Å². The fourth-order valence-electron chi connectivity index (χ4n) is 2.69. The highest BCUT2D eigenvalue weighted by molar-refractivity contribution is 8.18. The van der Waals surface area contributed by atoms with E-state index < -0.39 is 23.0 Å². The Morgan fingerprint density at radius 2 is 1.86 bits per heavy atom. The number of carbonyl (C=O) groups is 4. The van der Waals surface area contributed by atoms with Crippen LogP contribution in [-0.4, -0.2) is 41.6 Å². The van der Waals surface area contributed by atoms with Crippen LogP contribution >= 0.6 is 11.8 Å². The minimum absolute atomic E-state index is 0.212. The van der Waals surface area contributed by atoms with Crippen molar-refractivity contribution in [3.05, 3.63) is 70.1 Å². The molecule has 0 saturated carbocycles. The summed E-state index contributed by atoms with van der Waals surface area (Å²) in [4.78, 5) is 49.6. The Balaban J connectivity index is 1.68. The summed E-state index contributed by atoms with van der Waals surface area (Å²) in [5.74, 6) is -1.45. The SMILES string of the molecule is COC(=O)c1ccc(C=C2SC(=O)N(CC(=O)Nc3cccc(C)c3)C2=O)cc1. The van der Waals surface area contributed by atoms with E-state index in [2.05, 4.69) is 10.1 Å². The first kappa shape index (κ1) is 20.3. The highest BCUT2D eigenvalue weighted by atomic mass is 32.2. The third-order valence-electron chi connectivity index (χ3n) is 4.11. The molecule has 0 spiro atoms. The van der Waals surface area contributed by atoms with Crippen LogP contribution in [0.4, 0.5) is 10.5 Å². The minimum atomic E-state index is -0.531. The molecule has 0 unspecified atom stereocenters. The topological polar surface area (TPSA) is 92.8 Å². The number of imide groups is 1. The lowest BCUT2D eigenvalue weighted by molar-refractivity contribution is -0.127. The Hall–Kier alpha value is -3.39. The van der Waals surface area contributed by atoms with E-state index in [1.165, 1.54) is 7.11 Å². The van der Waals surface area contributed by atoms with Crippen LogP contribution in [0.25, 0.3) is 6.08 Å². The summed E-state index contributed by atoms with van der Waals surface area (Å²) in [5.41, 5.74) is 2.61. The molecule has 1 heterocycles. The van der Waals surface area contributed by atoms with Gasteiger partial charge < -0.3 is 10.1 Å². The highest BCUT2D eigenvalue weighted by Crippen LogP contribution is 2.32. The second-order valence-electron chi connectivity index (χ2n) is 6.30. The fraction of sp³-hybridized carbons (Fsp3) is 0.143. The van der Waals surface area contributed by atoms with E-state index in [4.69, 9.17) is 0 Å². The number of rotatable bonds is 5. The molecule has 1 aliphatic rings. The molecule has 1 saturated heterocycles. The molecule has 3 rings (SSSR count). The zero-order valence-corrected chi connectivity index (χ0v) is 16.6. The number of thioether (sulfide) groups is 1. The second kappa shape index (κ2) is 8.74. The summed E-state index contributed by atoms with van der Waals surface area (Å²) in [5, 5.41) is 2.17. The van der Waals surface area contributed by atoms with Gasteiger partial charge in [0.2, 0.25) is 5.91 Å². The predicted molar refractivity (Wildman–Crippen MR) is 110 cm³/mol. The number of benzene rings is 2. The average Bonchev–Trinajstić information content (AvgIpc) is 2.95. The number of hydrogen-bond acceptors (Lipinski definition) is 6. The fourth-order valence-corrected chi connectivity index (χ4v) is 3.53. The summed E-state index contributed by atoms with van der Waals surface area (Å²) in [6, 6.07) is 13.7. The van der Waals surface area contributed by atoms with E-state index in [0.717, 1.165) is 22.2 Å². The maximum absolute atomic E-state index is 12.5. The van der Waals surface area contributed by atoms with E-state index in [0.29, 0.717) is 16.8 Å². The van der Waals surface area contributed by atoms with Gasteiger partial charge in [0.15, 0.2) is 0 Å². The first-order valence-corrected chi connectivity index (χ1v) is 9.49. The zero-order valence-electron chi connectivity index (χ0n) is 15.8. The lowest BCUT2D eigenvalue weighted by Crippen LogP contribution is -2.36. The molecule has 8 heteroatoms. The van der Waals surface area contributed by atoms with Gasteiger partial charge in [-0.05, 0) is 60.2 Å². The molecule has 2 aromatic carbocycles. The van der Waals surface area contributed by atoms with E-state index in [1.807, 2.05) is 13.0 Å². The van der Waals surface area contributed by atoms with Gasteiger partial charge in [-0.3, -0.25) is 19.3 Å². The molecule has 0 atom stereocenters. The van der Waals surface area contributed by atoms with Crippen molar-refractivity contribution in [2.45, 2.75) is 6.92 Å². The molecule has 0 aliphatic carbocycles. The molecule has 1 fully saturated rings. The third kappa shape index (κ3) is 4.91. The molecule has 1 N–H and O–H groups in total. The zero-order chi connectivity index (χ0) is 21.0. The monoisotopic (exact) mass is 410 g/mol. The Morgan fingerprint density at radius 1 is 1.14 bits per heavy atom. The Morgan fingerprint density at radius 3 is 2.52 bits per heavy atom. The van der Waals surface area contributed by atoms with Crippen molar-refractivity contribution in [3.8, 4) is 0 Å². The molecule has 3 amide bonds. The number of hydrogen-bond donors (Lipinski definition) is 1. The molecule has 148 valence electrons. The number of carbonyl (C=O) groups excluding carboxylic acids is 4. The normalized spacial score (nSPS) is 15.0. The number of anilines is 1. The van der Waals surface area contributed by atoms with Crippen LogP contribution in [0.3, 0.4) is 0 Å². The third-order valence-corrected chi connectivity index (χ3v) is 5.01. The Bertz CT molecular complexity index is 1010. The molecular weight excluding hydrogens is 392 g/mol. The second-order valence-corrected chi connectivity index (χ2v) is 7.29. The summed E-state index contributed by atoms with van der Waals surface area (Å²) in [6.45, 7) is 1.53. The Kier molecular flexibility index (Phi) is 6.13. The van der Waals surface area contributed by atoms with Crippen LogP contribution in [0.2, 0.25) is 0 Å². The summed E-state index contributed by atoms with van der Waals surface area (Å²) >= 11 is 0.769. The van der Waals surface area contributed by atoms with Gasteiger partial charge in [0.1, 0.15) is 6.54 Å². The first-order valence-electron chi connectivity index (χ1n) is 8.67. The van der Waals surface area contributed by atoms with Crippen LogP contribution in [0.15, 0.2) is 53.4 Å². The van der Waals surface area contributed by atoms with Gasteiger partial charge in [0, 0.05) is 5.69 Å². The van der Waals surface area contributed by atoms with Crippen molar-refractivity contribution < 1.29 is 23.9 Å². The molecule has 29 heavy (non-hydrogen) atoms. The summed E-state index contributed by atoms with van der Waals surface area (Å²) < 4.78 is 4.64. The largest absolute Gasteiger partial charge is 0.465 e. The summed E-state index contributed by atoms with van der Waals surface area (Å²) in [6.07, 6.45) is 1.55. The van der Waals surface area contributed by atoms with Crippen molar-refractivity contribution in [1.29, 1.82) is 0 Å². The quantitative estimate of drug-likeness (QED) is 0.599. The number of aryl methyl sites for hydroxylation is 1.